The molecule has 1 fully saturated rings. The fraction of sp³-hybridized carbons (Fsp3) is 0.526. The summed E-state index contributed by atoms with van der Waals surface area (Å²) >= 11 is 0. The van der Waals surface area contributed by atoms with Gasteiger partial charge in [-0.15, -0.1) is 0 Å². The molecule has 1 amide bonds. The molecule has 1 saturated heterocycles. The highest BCUT2D eigenvalue weighted by atomic mass is 16.6. The Morgan fingerprint density at radius 3 is 2.50 bits per heavy atom. The minimum atomic E-state index is -0.492. The zero-order chi connectivity index (χ0) is 18.9. The topological polar surface area (TPSA) is 67.8 Å². The number of methoxy groups -OCH3 is 1. The van der Waals surface area contributed by atoms with E-state index in [0.29, 0.717) is 24.8 Å². The first-order valence-corrected chi connectivity index (χ1v) is 8.80. The first kappa shape index (κ1) is 18.2. The number of fused-ring (bicyclic) bond motifs is 1. The molecule has 1 aromatic carbocycles. The Balaban J connectivity index is 1.78. The van der Waals surface area contributed by atoms with Gasteiger partial charge in [-0.05, 0) is 39.3 Å². The molecule has 0 N–H and O–H groups in total. The van der Waals surface area contributed by atoms with Gasteiger partial charge in [0, 0.05) is 26.2 Å². The SMILES string of the molecule is COc1nc2ccccc2nc1N(C)[C@H]1CCN(C(=O)OC(C)(C)C)C1. The van der Waals surface area contributed by atoms with Gasteiger partial charge in [0.05, 0.1) is 18.1 Å². The van der Waals surface area contributed by atoms with Gasteiger partial charge in [0.2, 0.25) is 0 Å². The van der Waals surface area contributed by atoms with Crippen LogP contribution < -0.4 is 9.64 Å². The number of nitrogens with zero attached hydrogens (tertiary/aromatic N) is 4. The summed E-state index contributed by atoms with van der Waals surface area (Å²) in [6.07, 6.45) is 0.567. The summed E-state index contributed by atoms with van der Waals surface area (Å²) in [7, 11) is 3.56. The predicted octanol–water partition coefficient (Wildman–Crippen LogP) is 3.08. The molecule has 0 radical (unpaired) electrons. The van der Waals surface area contributed by atoms with E-state index in [1.807, 2.05) is 57.0 Å². The van der Waals surface area contributed by atoms with E-state index in [0.717, 1.165) is 17.5 Å². The minimum Gasteiger partial charge on any atom is -0.478 e. The molecule has 7 heteroatoms. The Morgan fingerprint density at radius 1 is 1.23 bits per heavy atom. The molecule has 2 aromatic rings. The standard InChI is InChI=1S/C19H26N4O3/c1-19(2,3)26-18(24)23-11-10-13(12-23)22(4)16-17(25-5)21-15-9-7-6-8-14(15)20-16/h6-9,13H,10-12H2,1-5H3/t13-/m0/s1. The molecule has 3 rings (SSSR count). The van der Waals surface area contributed by atoms with E-state index < -0.39 is 5.60 Å². The molecule has 0 unspecified atom stereocenters. The fourth-order valence-corrected chi connectivity index (χ4v) is 3.06. The maximum Gasteiger partial charge on any atom is 0.410 e. The molecule has 0 bridgehead atoms. The van der Waals surface area contributed by atoms with E-state index in [1.165, 1.54) is 0 Å². The van der Waals surface area contributed by atoms with Gasteiger partial charge in [0.1, 0.15) is 5.60 Å². The number of ether oxygens (including phenoxy) is 2. The van der Waals surface area contributed by atoms with Crippen LogP contribution in [0.2, 0.25) is 0 Å². The number of rotatable bonds is 3. The monoisotopic (exact) mass is 358 g/mol. The van der Waals surface area contributed by atoms with Gasteiger partial charge in [-0.2, -0.15) is 0 Å². The third-order valence-corrected chi connectivity index (χ3v) is 4.41. The number of carbonyl (C=O) groups excluding carboxylic acids is 1. The lowest BCUT2D eigenvalue weighted by atomic mass is 10.2. The van der Waals surface area contributed by atoms with Crippen molar-refractivity contribution in [2.24, 2.45) is 0 Å². The quantitative estimate of drug-likeness (QED) is 0.840. The molecule has 7 nitrogen and oxygen atoms in total. The molecule has 0 spiro atoms. The molecule has 140 valence electrons. The number of likely N-dealkylation sites (N-methyl/N-ethyl adjacent to an activating group) is 1. The van der Waals surface area contributed by atoms with Crippen LogP contribution in [-0.4, -0.2) is 59.9 Å². The van der Waals surface area contributed by atoms with Crippen molar-refractivity contribution >= 4 is 22.9 Å². The van der Waals surface area contributed by atoms with Crippen molar-refractivity contribution in [1.82, 2.24) is 14.9 Å². The third kappa shape index (κ3) is 3.81. The van der Waals surface area contributed by atoms with E-state index in [9.17, 15) is 4.79 Å². The maximum absolute atomic E-state index is 12.3. The van der Waals surface area contributed by atoms with Crippen molar-refractivity contribution < 1.29 is 14.3 Å². The van der Waals surface area contributed by atoms with Gasteiger partial charge in [-0.3, -0.25) is 0 Å². The lowest BCUT2D eigenvalue weighted by Crippen LogP contribution is -2.39. The van der Waals surface area contributed by atoms with Crippen molar-refractivity contribution in [3.05, 3.63) is 24.3 Å². The highest BCUT2D eigenvalue weighted by Crippen LogP contribution is 2.29. The summed E-state index contributed by atoms with van der Waals surface area (Å²) in [5.74, 6) is 1.17. The second kappa shape index (κ2) is 6.97. The molecule has 0 aliphatic carbocycles. The zero-order valence-electron chi connectivity index (χ0n) is 16.0. The summed E-state index contributed by atoms with van der Waals surface area (Å²) in [4.78, 5) is 25.4. The number of aromatic nitrogens is 2. The van der Waals surface area contributed by atoms with Crippen molar-refractivity contribution in [2.75, 3.05) is 32.1 Å². The van der Waals surface area contributed by atoms with Crippen LogP contribution in [0.4, 0.5) is 10.6 Å². The van der Waals surface area contributed by atoms with Crippen LogP contribution in [0.5, 0.6) is 5.88 Å². The van der Waals surface area contributed by atoms with E-state index in [4.69, 9.17) is 14.5 Å². The summed E-state index contributed by atoms with van der Waals surface area (Å²) in [5.41, 5.74) is 1.12. The molecule has 1 aliphatic heterocycles. The van der Waals surface area contributed by atoms with E-state index in [2.05, 4.69) is 4.98 Å². The van der Waals surface area contributed by atoms with Gasteiger partial charge in [0.15, 0.2) is 5.82 Å². The van der Waals surface area contributed by atoms with E-state index in [1.54, 1.807) is 12.0 Å². The van der Waals surface area contributed by atoms with Crippen molar-refractivity contribution in [3.63, 3.8) is 0 Å². The van der Waals surface area contributed by atoms with Gasteiger partial charge in [-0.25, -0.2) is 14.8 Å². The lowest BCUT2D eigenvalue weighted by molar-refractivity contribution is 0.0292. The first-order valence-electron chi connectivity index (χ1n) is 8.80. The number of carbonyl (C=O) groups is 1. The van der Waals surface area contributed by atoms with Crippen LogP contribution in [-0.2, 0) is 4.74 Å². The highest BCUT2D eigenvalue weighted by Gasteiger charge is 2.33. The Hall–Kier alpha value is -2.57. The van der Waals surface area contributed by atoms with Crippen LogP contribution in [0.15, 0.2) is 24.3 Å². The number of hydrogen-bond donors (Lipinski definition) is 0. The lowest BCUT2D eigenvalue weighted by Gasteiger charge is -2.28. The number of amides is 1. The molecule has 1 atom stereocenters. The van der Waals surface area contributed by atoms with E-state index >= 15 is 0 Å². The molecular weight excluding hydrogens is 332 g/mol. The number of anilines is 1. The second-order valence-corrected chi connectivity index (χ2v) is 7.52. The smallest absolute Gasteiger partial charge is 0.410 e. The van der Waals surface area contributed by atoms with Crippen molar-refractivity contribution in [3.8, 4) is 5.88 Å². The van der Waals surface area contributed by atoms with Crippen LogP contribution in [0.3, 0.4) is 0 Å². The average Bonchev–Trinajstić information content (AvgIpc) is 3.08. The van der Waals surface area contributed by atoms with Crippen LogP contribution in [0.25, 0.3) is 11.0 Å². The Kier molecular flexibility index (Phi) is 4.89. The number of likely N-dealkylation sites (tertiary alicyclic amines) is 1. The van der Waals surface area contributed by atoms with Crippen LogP contribution in [0, 0.1) is 0 Å². The molecule has 1 aliphatic rings. The van der Waals surface area contributed by atoms with Crippen LogP contribution >= 0.6 is 0 Å². The second-order valence-electron chi connectivity index (χ2n) is 7.52. The number of hydrogen-bond acceptors (Lipinski definition) is 6. The van der Waals surface area contributed by atoms with Crippen molar-refractivity contribution in [1.29, 1.82) is 0 Å². The normalized spacial score (nSPS) is 17.4. The summed E-state index contributed by atoms with van der Waals surface area (Å²) in [5, 5.41) is 0. The summed E-state index contributed by atoms with van der Waals surface area (Å²) in [6.45, 7) is 6.87. The molecule has 1 aromatic heterocycles. The fourth-order valence-electron chi connectivity index (χ4n) is 3.06. The zero-order valence-corrected chi connectivity index (χ0v) is 16.0. The molecule has 26 heavy (non-hydrogen) atoms. The first-order chi connectivity index (χ1) is 12.3. The molecular formula is C19H26N4O3. The van der Waals surface area contributed by atoms with Gasteiger partial charge < -0.3 is 19.3 Å². The summed E-state index contributed by atoms with van der Waals surface area (Å²) < 4.78 is 10.9. The van der Waals surface area contributed by atoms with Crippen LogP contribution in [0.1, 0.15) is 27.2 Å². The summed E-state index contributed by atoms with van der Waals surface area (Å²) in [6, 6.07) is 7.84. The Bertz CT molecular complexity index is 803. The van der Waals surface area contributed by atoms with Gasteiger partial charge in [-0.1, -0.05) is 12.1 Å². The third-order valence-electron chi connectivity index (χ3n) is 4.41. The van der Waals surface area contributed by atoms with Gasteiger partial charge >= 0.3 is 6.09 Å². The largest absolute Gasteiger partial charge is 0.478 e. The van der Waals surface area contributed by atoms with E-state index in [-0.39, 0.29) is 12.1 Å². The number of benzene rings is 1. The average molecular weight is 358 g/mol. The highest BCUT2D eigenvalue weighted by molar-refractivity contribution is 5.77. The Labute approximate surface area is 153 Å². The predicted molar refractivity (Wildman–Crippen MR) is 101 cm³/mol. The van der Waals surface area contributed by atoms with Crippen molar-refractivity contribution in [2.45, 2.75) is 38.8 Å². The Morgan fingerprint density at radius 2 is 1.88 bits per heavy atom. The minimum absolute atomic E-state index is 0.131. The molecule has 2 heterocycles. The number of para-hydroxylation sites is 2. The van der Waals surface area contributed by atoms with Gasteiger partial charge in [0.25, 0.3) is 5.88 Å². The molecule has 0 saturated carbocycles. The maximum atomic E-state index is 12.3.